The van der Waals surface area contributed by atoms with E-state index in [1.54, 1.807) is 20.3 Å². The minimum atomic E-state index is -0.192. The molecular formula is C23H25NO4. The van der Waals surface area contributed by atoms with Gasteiger partial charge in [0.1, 0.15) is 5.58 Å². The van der Waals surface area contributed by atoms with Crippen LogP contribution in [0.15, 0.2) is 52.9 Å². The summed E-state index contributed by atoms with van der Waals surface area (Å²) in [4.78, 5) is 13.0. The zero-order valence-corrected chi connectivity index (χ0v) is 16.2. The van der Waals surface area contributed by atoms with Gasteiger partial charge in [-0.3, -0.25) is 4.79 Å². The van der Waals surface area contributed by atoms with Crippen LogP contribution in [0.1, 0.15) is 47.8 Å². The Morgan fingerprint density at radius 3 is 2.50 bits per heavy atom. The highest BCUT2D eigenvalue weighted by atomic mass is 16.5. The van der Waals surface area contributed by atoms with Crippen molar-refractivity contribution in [2.24, 2.45) is 5.92 Å². The third-order valence-corrected chi connectivity index (χ3v) is 5.57. The number of carbonyl (C=O) groups excluding carboxylic acids is 1. The van der Waals surface area contributed by atoms with Gasteiger partial charge in [0.25, 0.3) is 5.91 Å². The van der Waals surface area contributed by atoms with Crippen LogP contribution in [-0.4, -0.2) is 20.1 Å². The summed E-state index contributed by atoms with van der Waals surface area (Å²) in [6.07, 6.45) is 4.57. The molecule has 1 N–H and O–H groups in total. The molecule has 1 unspecified atom stereocenters. The van der Waals surface area contributed by atoms with Crippen LogP contribution in [0.5, 0.6) is 11.5 Å². The van der Waals surface area contributed by atoms with Crippen molar-refractivity contribution in [2.75, 3.05) is 14.2 Å². The molecule has 1 fully saturated rings. The van der Waals surface area contributed by atoms with E-state index in [4.69, 9.17) is 13.9 Å². The molecule has 1 aromatic heterocycles. The summed E-state index contributed by atoms with van der Waals surface area (Å²) in [6, 6.07) is 15.2. The quantitative estimate of drug-likeness (QED) is 0.646. The molecule has 146 valence electrons. The summed E-state index contributed by atoms with van der Waals surface area (Å²) < 4.78 is 16.6. The van der Waals surface area contributed by atoms with Gasteiger partial charge in [-0.2, -0.15) is 0 Å². The number of furan rings is 1. The number of carbonyl (C=O) groups is 1. The number of para-hydroxylation sites is 1. The van der Waals surface area contributed by atoms with Crippen LogP contribution < -0.4 is 14.8 Å². The minimum Gasteiger partial charge on any atom is -0.493 e. The highest BCUT2D eigenvalue weighted by Gasteiger charge is 2.29. The molecule has 1 aliphatic carbocycles. The molecule has 1 saturated carbocycles. The van der Waals surface area contributed by atoms with Gasteiger partial charge in [-0.05, 0) is 48.6 Å². The fourth-order valence-corrected chi connectivity index (χ4v) is 4.12. The highest BCUT2D eigenvalue weighted by Crippen LogP contribution is 2.39. The van der Waals surface area contributed by atoms with Crippen LogP contribution in [0, 0.1) is 5.92 Å². The van der Waals surface area contributed by atoms with Crippen molar-refractivity contribution in [3.8, 4) is 11.5 Å². The van der Waals surface area contributed by atoms with Crippen molar-refractivity contribution in [2.45, 2.75) is 31.7 Å². The van der Waals surface area contributed by atoms with Crippen LogP contribution in [-0.2, 0) is 0 Å². The van der Waals surface area contributed by atoms with Gasteiger partial charge in [0.05, 0.1) is 20.3 Å². The first-order valence-corrected chi connectivity index (χ1v) is 9.71. The number of nitrogens with one attached hydrogen (secondary N) is 1. The summed E-state index contributed by atoms with van der Waals surface area (Å²) in [5.41, 5.74) is 1.74. The van der Waals surface area contributed by atoms with Gasteiger partial charge in [0.15, 0.2) is 17.3 Å². The van der Waals surface area contributed by atoms with Gasteiger partial charge in [0, 0.05) is 5.39 Å². The molecule has 5 nitrogen and oxygen atoms in total. The van der Waals surface area contributed by atoms with Crippen LogP contribution >= 0.6 is 0 Å². The van der Waals surface area contributed by atoms with E-state index in [1.165, 1.54) is 12.8 Å². The molecule has 3 aromatic rings. The first-order valence-electron chi connectivity index (χ1n) is 9.71. The summed E-state index contributed by atoms with van der Waals surface area (Å²) in [7, 11) is 3.24. The lowest BCUT2D eigenvalue weighted by Crippen LogP contribution is -2.32. The van der Waals surface area contributed by atoms with Crippen molar-refractivity contribution >= 4 is 16.9 Å². The van der Waals surface area contributed by atoms with Crippen LogP contribution in [0.2, 0.25) is 0 Å². The van der Waals surface area contributed by atoms with Crippen molar-refractivity contribution in [3.05, 3.63) is 59.9 Å². The fourth-order valence-electron chi connectivity index (χ4n) is 4.12. The van der Waals surface area contributed by atoms with Crippen LogP contribution in [0.3, 0.4) is 0 Å². The predicted octanol–water partition coefficient (Wildman–Crippen LogP) is 5.11. The lowest BCUT2D eigenvalue weighted by Gasteiger charge is -2.25. The van der Waals surface area contributed by atoms with Gasteiger partial charge >= 0.3 is 0 Å². The number of benzene rings is 2. The Morgan fingerprint density at radius 2 is 1.79 bits per heavy atom. The molecule has 1 aliphatic rings. The molecule has 1 amide bonds. The fraction of sp³-hybridized carbons (Fsp3) is 0.348. The molecule has 2 aromatic carbocycles. The van der Waals surface area contributed by atoms with E-state index in [0.29, 0.717) is 23.2 Å². The molecule has 1 atom stereocenters. The van der Waals surface area contributed by atoms with Crippen LogP contribution in [0.25, 0.3) is 11.0 Å². The molecule has 0 saturated heterocycles. The number of hydrogen-bond acceptors (Lipinski definition) is 4. The molecule has 5 heteroatoms. The Hall–Kier alpha value is -2.95. The Kier molecular flexibility index (Phi) is 5.24. The average molecular weight is 379 g/mol. The topological polar surface area (TPSA) is 60.7 Å². The molecule has 0 spiro atoms. The largest absolute Gasteiger partial charge is 0.493 e. The Labute approximate surface area is 164 Å². The second kappa shape index (κ2) is 7.97. The van der Waals surface area contributed by atoms with Crippen molar-refractivity contribution in [3.63, 3.8) is 0 Å². The molecule has 0 radical (unpaired) electrons. The van der Waals surface area contributed by atoms with Crippen LogP contribution in [0.4, 0.5) is 0 Å². The molecule has 0 aliphatic heterocycles. The van der Waals surface area contributed by atoms with E-state index < -0.39 is 0 Å². The van der Waals surface area contributed by atoms with Gasteiger partial charge in [-0.25, -0.2) is 0 Å². The summed E-state index contributed by atoms with van der Waals surface area (Å²) >= 11 is 0. The second-order valence-electron chi connectivity index (χ2n) is 7.26. The predicted molar refractivity (Wildman–Crippen MR) is 108 cm³/mol. The maximum absolute atomic E-state index is 13.0. The first-order chi connectivity index (χ1) is 13.7. The normalized spacial score (nSPS) is 15.5. The first kappa shape index (κ1) is 18.4. The number of fused-ring (bicyclic) bond motifs is 1. The second-order valence-corrected chi connectivity index (χ2v) is 7.26. The number of ether oxygens (including phenoxy) is 2. The van der Waals surface area contributed by atoms with Gasteiger partial charge in [-0.15, -0.1) is 0 Å². The zero-order chi connectivity index (χ0) is 19.5. The molecule has 28 heavy (non-hydrogen) atoms. The van der Waals surface area contributed by atoms with E-state index in [-0.39, 0.29) is 11.9 Å². The summed E-state index contributed by atoms with van der Waals surface area (Å²) in [5.74, 6) is 1.89. The van der Waals surface area contributed by atoms with E-state index >= 15 is 0 Å². The smallest absolute Gasteiger partial charge is 0.287 e. The zero-order valence-electron chi connectivity index (χ0n) is 16.2. The number of amides is 1. The maximum atomic E-state index is 13.0. The van der Waals surface area contributed by atoms with E-state index in [0.717, 1.165) is 29.4 Å². The third-order valence-electron chi connectivity index (χ3n) is 5.57. The number of methoxy groups -OCH3 is 2. The van der Waals surface area contributed by atoms with E-state index in [1.807, 2.05) is 42.5 Å². The molecule has 1 heterocycles. The van der Waals surface area contributed by atoms with Crippen molar-refractivity contribution < 1.29 is 18.7 Å². The third kappa shape index (κ3) is 3.57. The lowest BCUT2D eigenvalue weighted by atomic mass is 9.91. The SMILES string of the molecule is COc1ccc(C(NC(=O)c2cc3ccccc3o2)C2CCCC2)cc1OC. The summed E-state index contributed by atoms with van der Waals surface area (Å²) in [6.45, 7) is 0. The Balaban J connectivity index is 1.63. The highest BCUT2D eigenvalue weighted by molar-refractivity contribution is 5.96. The minimum absolute atomic E-state index is 0.0944. The molecule has 0 bridgehead atoms. The van der Waals surface area contributed by atoms with Crippen molar-refractivity contribution in [1.82, 2.24) is 5.32 Å². The van der Waals surface area contributed by atoms with E-state index in [2.05, 4.69) is 5.32 Å². The van der Waals surface area contributed by atoms with E-state index in [9.17, 15) is 4.79 Å². The summed E-state index contributed by atoms with van der Waals surface area (Å²) in [5, 5.41) is 4.14. The van der Waals surface area contributed by atoms with Gasteiger partial charge in [-0.1, -0.05) is 37.1 Å². The van der Waals surface area contributed by atoms with Gasteiger partial charge < -0.3 is 19.2 Å². The number of hydrogen-bond donors (Lipinski definition) is 1. The Bertz CT molecular complexity index is 939. The van der Waals surface area contributed by atoms with Gasteiger partial charge in [0.2, 0.25) is 0 Å². The standard InChI is InChI=1S/C23H25NO4/c1-26-19-12-11-17(14-20(19)27-2)22(15-7-3-4-8-15)24-23(25)21-13-16-9-5-6-10-18(16)28-21/h5-6,9-15,22H,3-4,7-8H2,1-2H3,(H,24,25). The molecule has 4 rings (SSSR count). The number of rotatable bonds is 6. The Morgan fingerprint density at radius 1 is 1.04 bits per heavy atom. The van der Waals surface area contributed by atoms with Crippen molar-refractivity contribution in [1.29, 1.82) is 0 Å². The molecular weight excluding hydrogens is 354 g/mol. The lowest BCUT2D eigenvalue weighted by molar-refractivity contribution is 0.0895. The monoisotopic (exact) mass is 379 g/mol. The average Bonchev–Trinajstić information content (AvgIpc) is 3.41. The maximum Gasteiger partial charge on any atom is 0.287 e.